The third-order valence-corrected chi connectivity index (χ3v) is 7.90. The third kappa shape index (κ3) is 3.31. The molecule has 4 nitrogen and oxygen atoms in total. The molecule has 3 aromatic rings. The summed E-state index contributed by atoms with van der Waals surface area (Å²) in [6.07, 6.45) is 0. The van der Waals surface area contributed by atoms with Gasteiger partial charge in [-0.05, 0) is 52.0 Å². The molecule has 0 heterocycles. The number of hydrogen-bond donors (Lipinski definition) is 1. The molecular formula is C21H22O4Si. The van der Waals surface area contributed by atoms with E-state index in [9.17, 15) is 4.80 Å². The van der Waals surface area contributed by atoms with Gasteiger partial charge in [-0.25, -0.2) is 0 Å². The molecule has 0 radical (unpaired) electrons. The highest BCUT2D eigenvalue weighted by Crippen LogP contribution is 2.16. The maximum absolute atomic E-state index is 12.1. The first-order chi connectivity index (χ1) is 12.6. The zero-order valence-corrected chi connectivity index (χ0v) is 16.1. The molecule has 0 unspecified atom stereocenters. The molecule has 3 rings (SSSR count). The van der Waals surface area contributed by atoms with E-state index in [1.165, 1.54) is 0 Å². The summed E-state index contributed by atoms with van der Waals surface area (Å²) in [4.78, 5) is 12.1. The van der Waals surface area contributed by atoms with Crippen molar-refractivity contribution in [3.05, 3.63) is 72.8 Å². The van der Waals surface area contributed by atoms with Crippen LogP contribution in [0.5, 0.6) is 17.2 Å². The van der Waals surface area contributed by atoms with E-state index in [0.717, 1.165) is 15.6 Å². The van der Waals surface area contributed by atoms with Crippen LogP contribution >= 0.6 is 0 Å². The Hall–Kier alpha value is -2.76. The quantitative estimate of drug-likeness (QED) is 0.533. The van der Waals surface area contributed by atoms with Crippen LogP contribution in [-0.2, 0) is 0 Å². The summed E-state index contributed by atoms with van der Waals surface area (Å²) in [5.74, 6) is 2.12. The van der Waals surface area contributed by atoms with Crippen LogP contribution in [0.2, 0.25) is 0 Å². The van der Waals surface area contributed by atoms with E-state index in [4.69, 9.17) is 14.2 Å². The highest BCUT2D eigenvalue weighted by molar-refractivity contribution is 7.06. The summed E-state index contributed by atoms with van der Waals surface area (Å²) >= 11 is 0. The maximum Gasteiger partial charge on any atom is 0.286 e. The van der Waals surface area contributed by atoms with Gasteiger partial charge in [0, 0.05) is 0 Å². The van der Waals surface area contributed by atoms with E-state index in [0.29, 0.717) is 17.2 Å². The van der Waals surface area contributed by atoms with Gasteiger partial charge in [0.15, 0.2) is 0 Å². The van der Waals surface area contributed by atoms with Crippen molar-refractivity contribution in [2.24, 2.45) is 0 Å². The van der Waals surface area contributed by atoms with Crippen molar-refractivity contribution in [3.63, 3.8) is 0 Å². The van der Waals surface area contributed by atoms with Crippen molar-refractivity contribution in [2.75, 3.05) is 21.3 Å². The second kappa shape index (κ2) is 7.64. The van der Waals surface area contributed by atoms with Crippen LogP contribution in [0.4, 0.5) is 0 Å². The smallest absolute Gasteiger partial charge is 0.286 e. The van der Waals surface area contributed by atoms with Crippen LogP contribution in [0.15, 0.2) is 72.8 Å². The fourth-order valence-electron chi connectivity index (χ4n) is 3.04. The minimum absolute atomic E-state index is 0.708. The number of ether oxygens (including phenoxy) is 3. The highest BCUT2D eigenvalue weighted by Gasteiger charge is 2.39. The van der Waals surface area contributed by atoms with E-state index in [1.807, 2.05) is 72.8 Å². The molecule has 0 saturated heterocycles. The minimum atomic E-state index is -3.26. The van der Waals surface area contributed by atoms with Crippen molar-refractivity contribution >= 4 is 23.9 Å². The maximum atomic E-state index is 12.1. The van der Waals surface area contributed by atoms with Crippen LogP contribution in [-0.4, -0.2) is 34.4 Å². The first-order valence-electron chi connectivity index (χ1n) is 8.27. The van der Waals surface area contributed by atoms with Gasteiger partial charge < -0.3 is 19.0 Å². The first kappa shape index (κ1) is 18.0. The zero-order chi connectivity index (χ0) is 18.6. The Morgan fingerprint density at radius 2 is 0.885 bits per heavy atom. The molecule has 3 aromatic carbocycles. The summed E-state index contributed by atoms with van der Waals surface area (Å²) in [5, 5.41) is 2.50. The van der Waals surface area contributed by atoms with Gasteiger partial charge in [-0.1, -0.05) is 36.4 Å². The first-order valence-corrected chi connectivity index (χ1v) is 10.2. The van der Waals surface area contributed by atoms with Gasteiger partial charge in [-0.2, -0.15) is 0 Å². The van der Waals surface area contributed by atoms with Crippen molar-refractivity contribution in [3.8, 4) is 17.2 Å². The second-order valence-electron chi connectivity index (χ2n) is 5.91. The Morgan fingerprint density at radius 3 is 1.15 bits per heavy atom. The lowest BCUT2D eigenvalue weighted by molar-refractivity contribution is 0.414. The topological polar surface area (TPSA) is 47.9 Å². The van der Waals surface area contributed by atoms with Crippen molar-refractivity contribution in [2.45, 2.75) is 0 Å². The van der Waals surface area contributed by atoms with Crippen LogP contribution in [0.25, 0.3) is 0 Å². The van der Waals surface area contributed by atoms with E-state index >= 15 is 0 Å². The van der Waals surface area contributed by atoms with E-state index in [1.54, 1.807) is 21.3 Å². The molecule has 26 heavy (non-hydrogen) atoms. The van der Waals surface area contributed by atoms with Gasteiger partial charge in [-0.15, -0.1) is 0 Å². The summed E-state index contributed by atoms with van der Waals surface area (Å²) < 4.78 is 16.1. The zero-order valence-electron chi connectivity index (χ0n) is 15.1. The fourth-order valence-corrected chi connectivity index (χ4v) is 6.11. The molecule has 134 valence electrons. The molecule has 0 atom stereocenters. The lowest BCUT2D eigenvalue weighted by Crippen LogP contribution is -2.67. The highest BCUT2D eigenvalue weighted by atomic mass is 28.4. The molecule has 1 N–H and O–H groups in total. The molecule has 0 fully saturated rings. The Labute approximate surface area is 154 Å². The average Bonchev–Trinajstić information content (AvgIpc) is 2.73. The third-order valence-electron chi connectivity index (χ3n) is 4.46. The Bertz CT molecular complexity index is 779. The van der Waals surface area contributed by atoms with Crippen molar-refractivity contribution in [1.82, 2.24) is 0 Å². The predicted molar refractivity (Wildman–Crippen MR) is 106 cm³/mol. The molecule has 0 aliphatic rings. The molecule has 0 aromatic heterocycles. The van der Waals surface area contributed by atoms with Crippen LogP contribution in [0.3, 0.4) is 0 Å². The Balaban J connectivity index is 2.26. The van der Waals surface area contributed by atoms with Gasteiger partial charge in [0.25, 0.3) is 8.32 Å². The molecule has 0 aliphatic heterocycles. The standard InChI is InChI=1S/C21H22O4Si/c1-23-16-7-4-10-19(13-16)26(22,20-11-5-8-17(14-20)24-2)21-12-6-9-18(15-21)25-3/h4-15,22H,1-3H3. The van der Waals surface area contributed by atoms with Gasteiger partial charge in [0.05, 0.1) is 21.3 Å². The lowest BCUT2D eigenvalue weighted by Gasteiger charge is -2.27. The summed E-state index contributed by atoms with van der Waals surface area (Å²) in [6, 6.07) is 22.8. The fraction of sp³-hybridized carbons (Fsp3) is 0.143. The molecule has 0 saturated carbocycles. The van der Waals surface area contributed by atoms with Gasteiger partial charge in [-0.3, -0.25) is 0 Å². The molecular weight excluding hydrogens is 344 g/mol. The number of benzene rings is 3. The summed E-state index contributed by atoms with van der Waals surface area (Å²) in [7, 11) is 1.60. The van der Waals surface area contributed by atoms with Gasteiger partial charge >= 0.3 is 0 Å². The molecule has 0 bridgehead atoms. The van der Waals surface area contributed by atoms with Crippen molar-refractivity contribution < 1.29 is 19.0 Å². The molecule has 0 amide bonds. The number of rotatable bonds is 6. The largest absolute Gasteiger partial charge is 0.497 e. The summed E-state index contributed by atoms with van der Waals surface area (Å²) in [6.45, 7) is 0. The van der Waals surface area contributed by atoms with Crippen LogP contribution in [0, 0.1) is 0 Å². The van der Waals surface area contributed by atoms with Crippen LogP contribution < -0.4 is 29.8 Å². The van der Waals surface area contributed by atoms with Crippen molar-refractivity contribution in [1.29, 1.82) is 0 Å². The molecule has 5 heteroatoms. The summed E-state index contributed by atoms with van der Waals surface area (Å²) in [5.41, 5.74) is 0. The van der Waals surface area contributed by atoms with Gasteiger partial charge in [0.2, 0.25) is 0 Å². The average molecular weight is 366 g/mol. The molecule has 0 aliphatic carbocycles. The normalized spacial score (nSPS) is 11.1. The second-order valence-corrected chi connectivity index (χ2v) is 9.06. The van der Waals surface area contributed by atoms with Gasteiger partial charge in [0.1, 0.15) is 17.2 Å². The minimum Gasteiger partial charge on any atom is -0.497 e. The Morgan fingerprint density at radius 1 is 0.577 bits per heavy atom. The molecule has 0 spiro atoms. The SMILES string of the molecule is COc1cccc([Si](O)(c2cccc(OC)c2)c2cccc(OC)c2)c1. The van der Waals surface area contributed by atoms with Crippen LogP contribution in [0.1, 0.15) is 0 Å². The monoisotopic (exact) mass is 366 g/mol. The van der Waals surface area contributed by atoms with E-state index in [-0.39, 0.29) is 0 Å². The predicted octanol–water partition coefficient (Wildman–Crippen LogP) is 1.67. The van der Waals surface area contributed by atoms with E-state index < -0.39 is 8.32 Å². The van der Waals surface area contributed by atoms with E-state index in [2.05, 4.69) is 0 Å². The number of methoxy groups -OCH3 is 3. The lowest BCUT2D eigenvalue weighted by atomic mass is 10.3. The number of hydrogen-bond acceptors (Lipinski definition) is 4. The Kier molecular flexibility index (Phi) is 5.30.